The number of carbonyl (C=O) groups excluding carboxylic acids is 1. The van der Waals surface area contributed by atoms with E-state index in [0.717, 1.165) is 32.1 Å². The third-order valence-electron chi connectivity index (χ3n) is 3.37. The normalized spacial score (nSPS) is 26.7. The van der Waals surface area contributed by atoms with Crippen LogP contribution in [0.5, 0.6) is 0 Å². The molecule has 1 aliphatic carbocycles. The maximum Gasteiger partial charge on any atom is 0.222 e. The van der Waals surface area contributed by atoms with Gasteiger partial charge in [-0.2, -0.15) is 0 Å². The zero-order valence-corrected chi connectivity index (χ0v) is 10.1. The van der Waals surface area contributed by atoms with Crippen LogP contribution in [0, 0.1) is 11.8 Å². The number of hydrogen-bond acceptors (Lipinski definition) is 3. The van der Waals surface area contributed by atoms with Gasteiger partial charge in [-0.3, -0.25) is 4.79 Å². The van der Waals surface area contributed by atoms with Gasteiger partial charge in [0.15, 0.2) is 0 Å². The van der Waals surface area contributed by atoms with E-state index in [0.29, 0.717) is 19.0 Å². The Balaban J connectivity index is 2.14. The molecule has 0 saturated heterocycles. The molecule has 1 amide bonds. The number of amides is 1. The van der Waals surface area contributed by atoms with Crippen molar-refractivity contribution in [2.24, 2.45) is 17.6 Å². The number of nitrogens with two attached hydrogens (primary N) is 1. The standard InChI is InChI=1S/C12H24N2O2/c1-9(3-2-6-13)12(16)14-8-10-4-5-11(15)7-10/h9-11,15H,2-8,13H2,1H3,(H,14,16). The van der Waals surface area contributed by atoms with Gasteiger partial charge >= 0.3 is 0 Å². The topological polar surface area (TPSA) is 75.4 Å². The van der Waals surface area contributed by atoms with Gasteiger partial charge in [0.25, 0.3) is 0 Å². The highest BCUT2D eigenvalue weighted by Crippen LogP contribution is 2.24. The Hall–Kier alpha value is -0.610. The number of nitrogens with one attached hydrogen (secondary N) is 1. The molecule has 0 aliphatic heterocycles. The Morgan fingerprint density at radius 3 is 2.88 bits per heavy atom. The second kappa shape index (κ2) is 6.86. The van der Waals surface area contributed by atoms with Crippen molar-refractivity contribution < 1.29 is 9.90 Å². The Morgan fingerprint density at radius 1 is 1.56 bits per heavy atom. The zero-order chi connectivity index (χ0) is 12.0. The van der Waals surface area contributed by atoms with Crippen LogP contribution in [0.15, 0.2) is 0 Å². The molecule has 1 saturated carbocycles. The lowest BCUT2D eigenvalue weighted by molar-refractivity contribution is -0.124. The molecule has 1 rings (SSSR count). The van der Waals surface area contributed by atoms with Crippen molar-refractivity contribution in [1.29, 1.82) is 0 Å². The molecule has 4 N–H and O–H groups in total. The van der Waals surface area contributed by atoms with Crippen molar-refractivity contribution in [2.75, 3.05) is 13.1 Å². The molecule has 1 fully saturated rings. The number of rotatable bonds is 6. The van der Waals surface area contributed by atoms with Crippen LogP contribution < -0.4 is 11.1 Å². The van der Waals surface area contributed by atoms with Gasteiger partial charge in [-0.25, -0.2) is 0 Å². The highest BCUT2D eigenvalue weighted by atomic mass is 16.3. The van der Waals surface area contributed by atoms with Gasteiger partial charge in [-0.1, -0.05) is 6.92 Å². The number of hydrogen-bond donors (Lipinski definition) is 3. The van der Waals surface area contributed by atoms with Crippen LogP contribution in [0.1, 0.15) is 39.0 Å². The molecular weight excluding hydrogens is 204 g/mol. The van der Waals surface area contributed by atoms with Crippen LogP contribution in [-0.4, -0.2) is 30.2 Å². The molecule has 3 unspecified atom stereocenters. The molecule has 3 atom stereocenters. The van der Waals surface area contributed by atoms with Crippen molar-refractivity contribution in [1.82, 2.24) is 5.32 Å². The first-order valence-corrected chi connectivity index (χ1v) is 6.29. The summed E-state index contributed by atoms with van der Waals surface area (Å²) in [5.41, 5.74) is 5.41. The Kier molecular flexibility index (Phi) is 5.77. The van der Waals surface area contributed by atoms with Gasteiger partial charge in [0.1, 0.15) is 0 Å². The second-order valence-corrected chi connectivity index (χ2v) is 4.91. The predicted octanol–water partition coefficient (Wildman–Crippen LogP) is 0.639. The van der Waals surface area contributed by atoms with Crippen LogP contribution in [-0.2, 0) is 4.79 Å². The summed E-state index contributed by atoms with van der Waals surface area (Å²) < 4.78 is 0. The van der Waals surface area contributed by atoms with Crippen molar-refractivity contribution in [3.05, 3.63) is 0 Å². The summed E-state index contributed by atoms with van der Waals surface area (Å²) in [5, 5.41) is 12.3. The maximum absolute atomic E-state index is 11.7. The molecule has 0 spiro atoms. The third kappa shape index (κ3) is 4.49. The number of aliphatic hydroxyl groups is 1. The monoisotopic (exact) mass is 228 g/mol. The van der Waals surface area contributed by atoms with Crippen LogP contribution in [0.25, 0.3) is 0 Å². The Labute approximate surface area is 97.6 Å². The lowest BCUT2D eigenvalue weighted by Gasteiger charge is -2.14. The molecule has 4 nitrogen and oxygen atoms in total. The minimum absolute atomic E-state index is 0.0508. The first kappa shape index (κ1) is 13.5. The fraction of sp³-hybridized carbons (Fsp3) is 0.917. The van der Waals surface area contributed by atoms with E-state index in [2.05, 4.69) is 5.32 Å². The molecular formula is C12H24N2O2. The van der Waals surface area contributed by atoms with E-state index in [9.17, 15) is 9.90 Å². The van der Waals surface area contributed by atoms with Gasteiger partial charge in [0.05, 0.1) is 6.10 Å². The summed E-state index contributed by atoms with van der Waals surface area (Å²) in [6, 6.07) is 0. The van der Waals surface area contributed by atoms with Crippen molar-refractivity contribution in [3.8, 4) is 0 Å². The van der Waals surface area contributed by atoms with E-state index < -0.39 is 0 Å². The molecule has 0 bridgehead atoms. The SMILES string of the molecule is CC(CCCN)C(=O)NCC1CCC(O)C1. The third-order valence-corrected chi connectivity index (χ3v) is 3.37. The van der Waals surface area contributed by atoms with Gasteiger partial charge < -0.3 is 16.2 Å². The van der Waals surface area contributed by atoms with E-state index in [1.165, 1.54) is 0 Å². The molecule has 0 aromatic heterocycles. The molecule has 16 heavy (non-hydrogen) atoms. The van der Waals surface area contributed by atoms with Crippen LogP contribution in [0.4, 0.5) is 0 Å². The van der Waals surface area contributed by atoms with E-state index in [1.807, 2.05) is 6.92 Å². The molecule has 0 heterocycles. The van der Waals surface area contributed by atoms with Gasteiger partial charge in [-0.05, 0) is 44.6 Å². The summed E-state index contributed by atoms with van der Waals surface area (Å²) in [5.74, 6) is 0.630. The molecule has 0 radical (unpaired) electrons. The molecule has 0 aromatic rings. The summed E-state index contributed by atoms with van der Waals surface area (Å²) >= 11 is 0. The molecule has 94 valence electrons. The van der Waals surface area contributed by atoms with E-state index in [4.69, 9.17) is 5.73 Å². The Morgan fingerprint density at radius 2 is 2.31 bits per heavy atom. The summed E-state index contributed by atoms with van der Waals surface area (Å²) in [7, 11) is 0. The van der Waals surface area contributed by atoms with E-state index >= 15 is 0 Å². The quantitative estimate of drug-likeness (QED) is 0.624. The lowest BCUT2D eigenvalue weighted by atomic mass is 10.0. The highest BCUT2D eigenvalue weighted by molar-refractivity contribution is 5.78. The smallest absolute Gasteiger partial charge is 0.222 e. The predicted molar refractivity (Wildman–Crippen MR) is 63.8 cm³/mol. The maximum atomic E-state index is 11.7. The zero-order valence-electron chi connectivity index (χ0n) is 10.1. The van der Waals surface area contributed by atoms with Crippen molar-refractivity contribution in [2.45, 2.75) is 45.1 Å². The molecule has 0 aromatic carbocycles. The minimum Gasteiger partial charge on any atom is -0.393 e. The summed E-state index contributed by atoms with van der Waals surface area (Å²) in [6.07, 6.45) is 4.34. The van der Waals surface area contributed by atoms with Crippen molar-refractivity contribution >= 4 is 5.91 Å². The van der Waals surface area contributed by atoms with Crippen LogP contribution >= 0.6 is 0 Å². The summed E-state index contributed by atoms with van der Waals surface area (Å²) in [4.78, 5) is 11.7. The number of aliphatic hydroxyl groups excluding tert-OH is 1. The van der Waals surface area contributed by atoms with Gasteiger partial charge in [0, 0.05) is 12.5 Å². The van der Waals surface area contributed by atoms with Crippen LogP contribution in [0.3, 0.4) is 0 Å². The fourth-order valence-corrected chi connectivity index (χ4v) is 2.21. The van der Waals surface area contributed by atoms with Gasteiger partial charge in [0.2, 0.25) is 5.91 Å². The number of carbonyl (C=O) groups is 1. The second-order valence-electron chi connectivity index (χ2n) is 4.91. The van der Waals surface area contributed by atoms with Gasteiger partial charge in [-0.15, -0.1) is 0 Å². The van der Waals surface area contributed by atoms with E-state index in [1.54, 1.807) is 0 Å². The average molecular weight is 228 g/mol. The first-order chi connectivity index (χ1) is 7.63. The van der Waals surface area contributed by atoms with Crippen LogP contribution in [0.2, 0.25) is 0 Å². The molecule has 4 heteroatoms. The highest BCUT2D eigenvalue weighted by Gasteiger charge is 2.23. The average Bonchev–Trinajstić information content (AvgIpc) is 2.68. The fourth-order valence-electron chi connectivity index (χ4n) is 2.21. The van der Waals surface area contributed by atoms with E-state index in [-0.39, 0.29) is 17.9 Å². The Bertz CT molecular complexity index is 221. The largest absolute Gasteiger partial charge is 0.393 e. The van der Waals surface area contributed by atoms with Crippen molar-refractivity contribution in [3.63, 3.8) is 0 Å². The summed E-state index contributed by atoms with van der Waals surface area (Å²) in [6.45, 7) is 3.30. The molecule has 1 aliphatic rings. The lowest BCUT2D eigenvalue weighted by Crippen LogP contribution is -2.33. The minimum atomic E-state index is -0.156. The first-order valence-electron chi connectivity index (χ1n) is 6.29.